The molecule has 5 heteroatoms. The molecule has 0 fully saturated rings. The third-order valence-electron chi connectivity index (χ3n) is 2.85. The van der Waals surface area contributed by atoms with E-state index in [9.17, 15) is 13.2 Å². The van der Waals surface area contributed by atoms with E-state index in [1.807, 2.05) is 6.92 Å². The molecule has 0 aromatic rings. The summed E-state index contributed by atoms with van der Waals surface area (Å²) in [7, 11) is 3.06. The van der Waals surface area contributed by atoms with Crippen molar-refractivity contribution in [1.29, 1.82) is 0 Å². The van der Waals surface area contributed by atoms with E-state index in [0.29, 0.717) is 6.61 Å². The van der Waals surface area contributed by atoms with Gasteiger partial charge in [0.15, 0.2) is 0 Å². The molecule has 0 amide bonds. The van der Waals surface area contributed by atoms with E-state index < -0.39 is 12.6 Å². The van der Waals surface area contributed by atoms with Crippen molar-refractivity contribution in [2.45, 2.75) is 51.3 Å². The summed E-state index contributed by atoms with van der Waals surface area (Å²) in [6.07, 6.45) is -2.18. The summed E-state index contributed by atoms with van der Waals surface area (Å²) in [6, 6.07) is 0. The third-order valence-corrected chi connectivity index (χ3v) is 2.85. The van der Waals surface area contributed by atoms with Crippen molar-refractivity contribution in [2.75, 3.05) is 20.8 Å². The Morgan fingerprint density at radius 2 is 1.76 bits per heavy atom. The van der Waals surface area contributed by atoms with E-state index in [-0.39, 0.29) is 18.4 Å². The van der Waals surface area contributed by atoms with Crippen LogP contribution >= 0.6 is 0 Å². The maximum Gasteiger partial charge on any atom is 0.389 e. The lowest BCUT2D eigenvalue weighted by molar-refractivity contribution is -0.141. The molecule has 17 heavy (non-hydrogen) atoms. The number of hydrogen-bond acceptors (Lipinski definition) is 2. The van der Waals surface area contributed by atoms with Crippen molar-refractivity contribution in [1.82, 2.24) is 0 Å². The largest absolute Gasteiger partial charge is 0.389 e. The average molecular weight is 256 g/mol. The molecule has 0 saturated heterocycles. The minimum atomic E-state index is -4.10. The predicted octanol–water partition coefficient (Wildman–Crippen LogP) is 3.80. The highest BCUT2D eigenvalue weighted by atomic mass is 19.4. The summed E-state index contributed by atoms with van der Waals surface area (Å²) >= 11 is 0. The van der Waals surface area contributed by atoms with Crippen LogP contribution in [0.1, 0.15) is 39.0 Å². The average Bonchev–Trinajstić information content (AvgIpc) is 2.25. The van der Waals surface area contributed by atoms with Crippen molar-refractivity contribution in [3.63, 3.8) is 0 Å². The number of methoxy groups -OCH3 is 2. The second kappa shape index (κ2) is 8.75. The molecule has 0 heterocycles. The van der Waals surface area contributed by atoms with Gasteiger partial charge in [-0.3, -0.25) is 0 Å². The summed E-state index contributed by atoms with van der Waals surface area (Å²) in [5, 5.41) is 0. The van der Waals surface area contributed by atoms with Crippen LogP contribution < -0.4 is 0 Å². The van der Waals surface area contributed by atoms with Gasteiger partial charge < -0.3 is 9.47 Å². The molecule has 2 atom stereocenters. The van der Waals surface area contributed by atoms with E-state index in [2.05, 4.69) is 0 Å². The van der Waals surface area contributed by atoms with Crippen LogP contribution in [0.4, 0.5) is 13.2 Å². The maximum atomic E-state index is 12.2. The van der Waals surface area contributed by atoms with Gasteiger partial charge >= 0.3 is 6.18 Å². The minimum absolute atomic E-state index is 0.0690. The smallest absolute Gasteiger partial charge is 0.384 e. The molecule has 0 aromatic carbocycles. The van der Waals surface area contributed by atoms with Crippen LogP contribution in [-0.4, -0.2) is 33.1 Å². The second-order valence-corrected chi connectivity index (χ2v) is 4.29. The van der Waals surface area contributed by atoms with Gasteiger partial charge in [-0.2, -0.15) is 13.2 Å². The van der Waals surface area contributed by atoms with Crippen LogP contribution in [0.3, 0.4) is 0 Å². The van der Waals surface area contributed by atoms with Crippen molar-refractivity contribution in [3.8, 4) is 0 Å². The number of unbranched alkanes of at least 4 members (excludes halogenated alkanes) is 1. The van der Waals surface area contributed by atoms with Gasteiger partial charge in [0.05, 0.1) is 12.7 Å². The van der Waals surface area contributed by atoms with Crippen molar-refractivity contribution < 1.29 is 22.6 Å². The number of hydrogen-bond donors (Lipinski definition) is 0. The van der Waals surface area contributed by atoms with Crippen molar-refractivity contribution in [2.24, 2.45) is 5.92 Å². The normalized spacial score (nSPS) is 15.9. The molecule has 104 valence electrons. The summed E-state index contributed by atoms with van der Waals surface area (Å²) < 4.78 is 46.9. The molecule has 2 nitrogen and oxygen atoms in total. The highest BCUT2D eigenvalue weighted by Gasteiger charge is 2.30. The monoisotopic (exact) mass is 256 g/mol. The first kappa shape index (κ1) is 16.7. The van der Waals surface area contributed by atoms with Gasteiger partial charge in [-0.05, 0) is 12.8 Å². The van der Waals surface area contributed by atoms with E-state index >= 15 is 0 Å². The molecule has 0 rings (SSSR count). The molecular formula is C12H23F3O2. The summed E-state index contributed by atoms with van der Waals surface area (Å²) in [5.41, 5.74) is 0. The van der Waals surface area contributed by atoms with E-state index in [1.54, 1.807) is 7.11 Å². The van der Waals surface area contributed by atoms with Gasteiger partial charge in [0.2, 0.25) is 0 Å². The minimum Gasteiger partial charge on any atom is -0.384 e. The molecule has 0 radical (unpaired) electrons. The van der Waals surface area contributed by atoms with Crippen LogP contribution in [0.25, 0.3) is 0 Å². The first-order valence-electron chi connectivity index (χ1n) is 6.03. The lowest BCUT2D eigenvalue weighted by atomic mass is 9.93. The topological polar surface area (TPSA) is 18.5 Å². The van der Waals surface area contributed by atoms with E-state index in [0.717, 1.165) is 19.3 Å². The Morgan fingerprint density at radius 1 is 1.12 bits per heavy atom. The number of halogens is 3. The highest BCUT2D eigenvalue weighted by molar-refractivity contribution is 4.72. The lowest BCUT2D eigenvalue weighted by Crippen LogP contribution is -2.28. The molecule has 0 aliphatic carbocycles. The van der Waals surface area contributed by atoms with E-state index in [4.69, 9.17) is 9.47 Å². The van der Waals surface area contributed by atoms with Gasteiger partial charge in [-0.1, -0.05) is 19.8 Å². The summed E-state index contributed by atoms with van der Waals surface area (Å²) in [4.78, 5) is 0. The first-order valence-corrected chi connectivity index (χ1v) is 6.03. The Hall–Kier alpha value is -0.290. The first-order chi connectivity index (χ1) is 7.94. The number of alkyl halides is 3. The van der Waals surface area contributed by atoms with Crippen LogP contribution in [0.5, 0.6) is 0 Å². The number of rotatable bonds is 9. The van der Waals surface area contributed by atoms with Crippen LogP contribution in [0.15, 0.2) is 0 Å². The maximum absolute atomic E-state index is 12.2. The fraction of sp³-hybridized carbons (Fsp3) is 1.00. The molecule has 0 spiro atoms. The van der Waals surface area contributed by atoms with Gasteiger partial charge in [-0.25, -0.2) is 0 Å². The molecule has 0 saturated carbocycles. The van der Waals surface area contributed by atoms with Gasteiger partial charge in [0, 0.05) is 26.6 Å². The van der Waals surface area contributed by atoms with Crippen LogP contribution in [0, 0.1) is 5.92 Å². The van der Waals surface area contributed by atoms with Crippen LogP contribution in [-0.2, 0) is 9.47 Å². The lowest BCUT2D eigenvalue weighted by Gasteiger charge is -2.26. The zero-order chi connectivity index (χ0) is 13.3. The Kier molecular flexibility index (Phi) is 8.60. The molecule has 0 N–H and O–H groups in total. The standard InChI is InChI=1S/C12H23F3O2/c1-4-5-6-11(17-3)10(9-16-2)7-8-12(13,14)15/h10-11H,4-9H2,1-3H3. The fourth-order valence-electron chi connectivity index (χ4n) is 1.89. The Balaban J connectivity index is 4.25. The summed E-state index contributed by atoms with van der Waals surface area (Å²) in [6.45, 7) is 2.37. The summed E-state index contributed by atoms with van der Waals surface area (Å²) in [5.74, 6) is -0.182. The zero-order valence-electron chi connectivity index (χ0n) is 10.8. The van der Waals surface area contributed by atoms with Gasteiger partial charge in [0.1, 0.15) is 0 Å². The van der Waals surface area contributed by atoms with Crippen LogP contribution in [0.2, 0.25) is 0 Å². The third kappa shape index (κ3) is 8.44. The molecule has 0 aliphatic heterocycles. The van der Waals surface area contributed by atoms with Gasteiger partial charge in [-0.15, -0.1) is 0 Å². The molecule has 0 aromatic heterocycles. The fourth-order valence-corrected chi connectivity index (χ4v) is 1.89. The Morgan fingerprint density at radius 3 is 2.18 bits per heavy atom. The quantitative estimate of drug-likeness (QED) is 0.624. The van der Waals surface area contributed by atoms with Crippen molar-refractivity contribution >= 4 is 0 Å². The zero-order valence-corrected chi connectivity index (χ0v) is 10.8. The predicted molar refractivity (Wildman–Crippen MR) is 61.0 cm³/mol. The molecule has 2 unspecified atom stereocenters. The van der Waals surface area contributed by atoms with Gasteiger partial charge in [0.25, 0.3) is 0 Å². The number of ether oxygens (including phenoxy) is 2. The van der Waals surface area contributed by atoms with E-state index in [1.165, 1.54) is 7.11 Å². The SMILES string of the molecule is CCCCC(OC)C(CCC(F)(F)F)COC. The molecule has 0 bridgehead atoms. The molecular weight excluding hydrogens is 233 g/mol. The molecule has 0 aliphatic rings. The van der Waals surface area contributed by atoms with Crippen molar-refractivity contribution in [3.05, 3.63) is 0 Å². The highest BCUT2D eigenvalue weighted by Crippen LogP contribution is 2.27. The second-order valence-electron chi connectivity index (χ2n) is 4.29. The Bertz CT molecular complexity index is 183. The Labute approximate surface area is 101 Å².